The molecule has 0 heterocycles. The summed E-state index contributed by atoms with van der Waals surface area (Å²) in [5, 5.41) is 7.16. The quantitative estimate of drug-likeness (QED) is 0.431. The molecule has 2 aromatic carbocycles. The zero-order valence-electron chi connectivity index (χ0n) is 15.7. The van der Waals surface area contributed by atoms with Crippen LogP contribution in [0.15, 0.2) is 47.5 Å². The van der Waals surface area contributed by atoms with Crippen LogP contribution < -0.4 is 15.4 Å². The molecule has 0 unspecified atom stereocenters. The maximum Gasteiger partial charge on any atom is 0.341 e. The lowest BCUT2D eigenvalue weighted by atomic mass is 10.1. The molecular formula is C20H24ClN3O3. The van der Waals surface area contributed by atoms with Crippen LogP contribution in [0.2, 0.25) is 5.02 Å². The van der Waals surface area contributed by atoms with E-state index in [-0.39, 0.29) is 0 Å². The van der Waals surface area contributed by atoms with E-state index in [2.05, 4.69) is 15.6 Å². The second-order valence-electron chi connectivity index (χ2n) is 5.67. The Hall–Kier alpha value is -2.73. The zero-order valence-corrected chi connectivity index (χ0v) is 16.5. The molecule has 0 bridgehead atoms. The van der Waals surface area contributed by atoms with Gasteiger partial charge in [0.2, 0.25) is 0 Å². The topological polar surface area (TPSA) is 72.0 Å². The number of esters is 1. The highest BCUT2D eigenvalue weighted by atomic mass is 35.5. The van der Waals surface area contributed by atoms with Crippen molar-refractivity contribution in [1.29, 1.82) is 0 Å². The molecule has 0 spiro atoms. The summed E-state index contributed by atoms with van der Waals surface area (Å²) >= 11 is 6.19. The standard InChI is InChI=1S/C20H24ClN3O3/c1-4-22-20(24-13-15-7-5-6-8-17(15)21)23-12-14-9-10-18(26-2)16(11-14)19(25)27-3/h5-11H,4,12-13H2,1-3H3,(H2,22,23,24). The van der Waals surface area contributed by atoms with Gasteiger partial charge in [-0.05, 0) is 36.2 Å². The van der Waals surface area contributed by atoms with Crippen molar-refractivity contribution < 1.29 is 14.3 Å². The minimum Gasteiger partial charge on any atom is -0.496 e. The highest BCUT2D eigenvalue weighted by molar-refractivity contribution is 6.31. The Morgan fingerprint density at radius 3 is 2.59 bits per heavy atom. The van der Waals surface area contributed by atoms with E-state index in [1.165, 1.54) is 14.2 Å². The number of methoxy groups -OCH3 is 2. The van der Waals surface area contributed by atoms with Crippen LogP contribution in [-0.4, -0.2) is 32.7 Å². The van der Waals surface area contributed by atoms with Gasteiger partial charge in [0.15, 0.2) is 5.96 Å². The van der Waals surface area contributed by atoms with Gasteiger partial charge in [-0.2, -0.15) is 0 Å². The molecule has 0 aliphatic heterocycles. The predicted molar refractivity (Wildman–Crippen MR) is 107 cm³/mol. The fraction of sp³-hybridized carbons (Fsp3) is 0.300. The van der Waals surface area contributed by atoms with E-state index in [4.69, 9.17) is 21.1 Å². The van der Waals surface area contributed by atoms with Crippen LogP contribution >= 0.6 is 11.6 Å². The summed E-state index contributed by atoms with van der Waals surface area (Å²) in [6, 6.07) is 13.0. The van der Waals surface area contributed by atoms with Gasteiger partial charge in [-0.1, -0.05) is 35.9 Å². The molecule has 2 aromatic rings. The van der Waals surface area contributed by atoms with Gasteiger partial charge < -0.3 is 20.1 Å². The maximum atomic E-state index is 11.9. The number of halogens is 1. The summed E-state index contributed by atoms with van der Waals surface area (Å²) in [7, 11) is 2.86. The monoisotopic (exact) mass is 389 g/mol. The van der Waals surface area contributed by atoms with Crippen LogP contribution in [0.3, 0.4) is 0 Å². The third-order valence-corrected chi connectivity index (χ3v) is 4.21. The molecule has 144 valence electrons. The Labute approximate surface area is 164 Å². The van der Waals surface area contributed by atoms with Crippen molar-refractivity contribution in [3.8, 4) is 5.75 Å². The number of benzene rings is 2. The van der Waals surface area contributed by atoms with Crippen molar-refractivity contribution in [1.82, 2.24) is 10.6 Å². The lowest BCUT2D eigenvalue weighted by Gasteiger charge is -2.13. The number of ether oxygens (including phenoxy) is 2. The molecule has 0 saturated carbocycles. The Bertz CT molecular complexity index is 809. The average molecular weight is 390 g/mol. The van der Waals surface area contributed by atoms with Gasteiger partial charge in [0.05, 0.1) is 20.8 Å². The van der Waals surface area contributed by atoms with Gasteiger partial charge in [-0.25, -0.2) is 9.79 Å². The average Bonchev–Trinajstić information content (AvgIpc) is 2.70. The number of guanidine groups is 1. The van der Waals surface area contributed by atoms with Crippen molar-refractivity contribution in [3.05, 3.63) is 64.2 Å². The van der Waals surface area contributed by atoms with Crippen LogP contribution in [0.1, 0.15) is 28.4 Å². The first-order valence-electron chi connectivity index (χ1n) is 8.59. The number of nitrogens with zero attached hydrogens (tertiary/aromatic N) is 1. The van der Waals surface area contributed by atoms with E-state index in [9.17, 15) is 4.79 Å². The van der Waals surface area contributed by atoms with Crippen LogP contribution in [0.25, 0.3) is 0 Å². The summed E-state index contributed by atoms with van der Waals surface area (Å²) in [6.45, 7) is 3.67. The lowest BCUT2D eigenvalue weighted by molar-refractivity contribution is 0.0597. The van der Waals surface area contributed by atoms with E-state index in [0.29, 0.717) is 35.4 Å². The molecule has 0 aromatic heterocycles. The molecule has 2 rings (SSSR count). The molecule has 27 heavy (non-hydrogen) atoms. The Morgan fingerprint density at radius 1 is 1.15 bits per heavy atom. The number of aliphatic imine (C=N–C) groups is 1. The highest BCUT2D eigenvalue weighted by Crippen LogP contribution is 2.21. The molecule has 2 N–H and O–H groups in total. The van der Waals surface area contributed by atoms with Gasteiger partial charge in [0.1, 0.15) is 11.3 Å². The lowest BCUT2D eigenvalue weighted by Crippen LogP contribution is -2.36. The van der Waals surface area contributed by atoms with Gasteiger partial charge >= 0.3 is 5.97 Å². The second kappa shape index (κ2) is 10.4. The smallest absolute Gasteiger partial charge is 0.341 e. The van der Waals surface area contributed by atoms with Crippen LogP contribution in [0.4, 0.5) is 0 Å². The number of carbonyl (C=O) groups excluding carboxylic acids is 1. The Morgan fingerprint density at radius 2 is 1.93 bits per heavy atom. The summed E-state index contributed by atoms with van der Waals surface area (Å²) in [4.78, 5) is 16.5. The fourth-order valence-corrected chi connectivity index (χ4v) is 2.66. The van der Waals surface area contributed by atoms with Crippen molar-refractivity contribution >= 4 is 23.5 Å². The largest absolute Gasteiger partial charge is 0.496 e. The predicted octanol–water partition coefficient (Wildman–Crippen LogP) is 3.39. The molecule has 0 amide bonds. The molecule has 0 aliphatic carbocycles. The summed E-state index contributed by atoms with van der Waals surface area (Å²) in [6.07, 6.45) is 0. The van der Waals surface area contributed by atoms with Gasteiger partial charge in [0, 0.05) is 18.1 Å². The Balaban J connectivity index is 2.12. The molecule has 0 aliphatic rings. The van der Waals surface area contributed by atoms with Gasteiger partial charge in [-0.15, -0.1) is 0 Å². The van der Waals surface area contributed by atoms with E-state index >= 15 is 0 Å². The fourth-order valence-electron chi connectivity index (χ4n) is 2.46. The summed E-state index contributed by atoms with van der Waals surface area (Å²) in [5.74, 6) is 0.688. The first-order valence-corrected chi connectivity index (χ1v) is 8.97. The molecule has 0 fully saturated rings. The summed E-state index contributed by atoms with van der Waals surface area (Å²) < 4.78 is 10.0. The van der Waals surface area contributed by atoms with Crippen molar-refractivity contribution in [3.63, 3.8) is 0 Å². The summed E-state index contributed by atoms with van der Waals surface area (Å²) in [5.41, 5.74) is 2.23. The molecule has 0 atom stereocenters. The third kappa shape index (κ3) is 5.89. The SMILES string of the molecule is CCNC(=NCc1ccc(OC)c(C(=O)OC)c1)NCc1ccccc1Cl. The third-order valence-electron chi connectivity index (χ3n) is 3.84. The number of carbonyl (C=O) groups is 1. The first-order chi connectivity index (χ1) is 13.1. The van der Waals surface area contributed by atoms with Crippen LogP contribution in [0.5, 0.6) is 5.75 Å². The minimum atomic E-state index is -0.443. The van der Waals surface area contributed by atoms with Crippen molar-refractivity contribution in [2.24, 2.45) is 4.99 Å². The first kappa shape index (κ1) is 20.6. The number of hydrogen-bond donors (Lipinski definition) is 2. The minimum absolute atomic E-state index is 0.377. The molecule has 0 saturated heterocycles. The number of nitrogens with one attached hydrogen (secondary N) is 2. The Kier molecular flexibility index (Phi) is 7.95. The maximum absolute atomic E-state index is 11.9. The highest BCUT2D eigenvalue weighted by Gasteiger charge is 2.13. The van der Waals surface area contributed by atoms with Crippen molar-refractivity contribution in [2.75, 3.05) is 20.8 Å². The molecule has 6 nitrogen and oxygen atoms in total. The zero-order chi connectivity index (χ0) is 19.6. The number of rotatable bonds is 7. The van der Waals surface area contributed by atoms with E-state index in [0.717, 1.165) is 17.7 Å². The van der Waals surface area contributed by atoms with E-state index in [1.54, 1.807) is 12.1 Å². The van der Waals surface area contributed by atoms with Crippen LogP contribution in [0, 0.1) is 0 Å². The van der Waals surface area contributed by atoms with E-state index in [1.807, 2.05) is 37.3 Å². The molecule has 7 heteroatoms. The number of hydrogen-bond acceptors (Lipinski definition) is 4. The second-order valence-corrected chi connectivity index (χ2v) is 6.07. The van der Waals surface area contributed by atoms with E-state index < -0.39 is 5.97 Å². The van der Waals surface area contributed by atoms with Crippen LogP contribution in [-0.2, 0) is 17.8 Å². The van der Waals surface area contributed by atoms with Crippen molar-refractivity contribution in [2.45, 2.75) is 20.0 Å². The molecular weight excluding hydrogens is 366 g/mol. The normalized spacial score (nSPS) is 11.0. The van der Waals surface area contributed by atoms with Gasteiger partial charge in [-0.3, -0.25) is 0 Å². The molecule has 0 radical (unpaired) electrons. The van der Waals surface area contributed by atoms with Gasteiger partial charge in [0.25, 0.3) is 0 Å².